The van der Waals surface area contributed by atoms with Crippen LogP contribution in [-0.4, -0.2) is 33.4 Å². The Kier molecular flexibility index (Phi) is 5.32. The highest BCUT2D eigenvalue weighted by molar-refractivity contribution is 5.87. The highest BCUT2D eigenvalue weighted by Gasteiger charge is 2.20. The molecule has 0 fully saturated rings. The topological polar surface area (TPSA) is 82.2 Å². The molecule has 108 valence electrons. The number of aromatic nitrogens is 2. The highest BCUT2D eigenvalue weighted by atomic mass is 16.4. The van der Waals surface area contributed by atoms with Gasteiger partial charge in [0.2, 0.25) is 0 Å². The van der Waals surface area contributed by atoms with Crippen molar-refractivity contribution in [2.45, 2.75) is 33.2 Å². The molecule has 0 aromatic carbocycles. The lowest BCUT2D eigenvalue weighted by molar-refractivity contribution is -0.131. The van der Waals surface area contributed by atoms with Crippen LogP contribution in [0.3, 0.4) is 0 Å². The molecule has 0 atom stereocenters. The van der Waals surface area contributed by atoms with Gasteiger partial charge >= 0.3 is 5.97 Å². The molecule has 1 aromatic heterocycles. The molecule has 0 bridgehead atoms. The first-order valence-corrected chi connectivity index (χ1v) is 6.46. The Labute approximate surface area is 118 Å². The van der Waals surface area contributed by atoms with Crippen molar-refractivity contribution in [1.82, 2.24) is 9.78 Å². The molecule has 0 amide bonds. The third-order valence-electron chi connectivity index (χ3n) is 2.99. The van der Waals surface area contributed by atoms with Crippen molar-refractivity contribution in [1.29, 1.82) is 5.26 Å². The van der Waals surface area contributed by atoms with Crippen molar-refractivity contribution >= 4 is 17.9 Å². The SMILES string of the molecule is Cc1nn(C)c(N(CCC#N)C(C)C)c1C=CC(=O)O. The van der Waals surface area contributed by atoms with Crippen LogP contribution in [0.25, 0.3) is 6.08 Å². The minimum atomic E-state index is -0.993. The fourth-order valence-electron chi connectivity index (χ4n) is 2.13. The molecule has 0 aliphatic heterocycles. The summed E-state index contributed by atoms with van der Waals surface area (Å²) in [6, 6.07) is 2.33. The summed E-state index contributed by atoms with van der Waals surface area (Å²) >= 11 is 0. The summed E-state index contributed by atoms with van der Waals surface area (Å²) in [4.78, 5) is 12.8. The minimum absolute atomic E-state index is 0.190. The first-order chi connectivity index (χ1) is 9.38. The van der Waals surface area contributed by atoms with E-state index in [4.69, 9.17) is 10.4 Å². The molecule has 0 spiro atoms. The number of carbonyl (C=O) groups is 1. The van der Waals surface area contributed by atoms with E-state index in [1.165, 1.54) is 0 Å². The highest BCUT2D eigenvalue weighted by Crippen LogP contribution is 2.26. The molecular weight excluding hydrogens is 256 g/mol. The average molecular weight is 276 g/mol. The van der Waals surface area contributed by atoms with Crippen LogP contribution in [0.1, 0.15) is 31.5 Å². The zero-order valence-corrected chi connectivity index (χ0v) is 12.3. The van der Waals surface area contributed by atoms with E-state index in [0.29, 0.717) is 13.0 Å². The maximum Gasteiger partial charge on any atom is 0.328 e. The smallest absolute Gasteiger partial charge is 0.328 e. The monoisotopic (exact) mass is 276 g/mol. The number of carboxylic acid groups (broad SMARTS) is 1. The number of hydrogen-bond donors (Lipinski definition) is 1. The number of nitrogens with zero attached hydrogens (tertiary/aromatic N) is 4. The second-order valence-electron chi connectivity index (χ2n) is 4.81. The van der Waals surface area contributed by atoms with Crippen LogP contribution < -0.4 is 4.90 Å². The van der Waals surface area contributed by atoms with Crippen LogP contribution in [0, 0.1) is 18.3 Å². The molecule has 6 nitrogen and oxygen atoms in total. The number of anilines is 1. The predicted octanol–water partition coefficient (Wildman–Crippen LogP) is 1.95. The van der Waals surface area contributed by atoms with Crippen molar-refractivity contribution in [3.8, 4) is 6.07 Å². The Morgan fingerprint density at radius 1 is 1.60 bits per heavy atom. The summed E-state index contributed by atoms with van der Waals surface area (Å²) < 4.78 is 1.73. The molecular formula is C14H20N4O2. The number of aliphatic carboxylic acids is 1. The van der Waals surface area contributed by atoms with Gasteiger partial charge < -0.3 is 10.0 Å². The number of carboxylic acids is 1. The van der Waals surface area contributed by atoms with Crippen molar-refractivity contribution < 1.29 is 9.90 Å². The van der Waals surface area contributed by atoms with E-state index < -0.39 is 5.97 Å². The summed E-state index contributed by atoms with van der Waals surface area (Å²) in [5, 5.41) is 21.9. The fourth-order valence-corrected chi connectivity index (χ4v) is 2.13. The molecule has 0 unspecified atom stereocenters. The van der Waals surface area contributed by atoms with Crippen LogP contribution in [0.5, 0.6) is 0 Å². The van der Waals surface area contributed by atoms with Crippen LogP contribution >= 0.6 is 0 Å². The van der Waals surface area contributed by atoms with Gasteiger partial charge in [0.25, 0.3) is 0 Å². The van der Waals surface area contributed by atoms with Gasteiger partial charge in [0.1, 0.15) is 5.82 Å². The molecule has 1 aromatic rings. The molecule has 1 heterocycles. The lowest BCUT2D eigenvalue weighted by Crippen LogP contribution is -2.33. The average Bonchev–Trinajstić information content (AvgIpc) is 2.62. The van der Waals surface area contributed by atoms with E-state index in [2.05, 4.69) is 16.1 Å². The van der Waals surface area contributed by atoms with Crippen molar-refractivity contribution in [2.75, 3.05) is 11.4 Å². The van der Waals surface area contributed by atoms with Crippen molar-refractivity contribution in [3.05, 3.63) is 17.3 Å². The molecule has 1 rings (SSSR count). The van der Waals surface area contributed by atoms with Gasteiger partial charge in [-0.15, -0.1) is 0 Å². The van der Waals surface area contributed by atoms with Gasteiger partial charge in [-0.05, 0) is 26.8 Å². The summed E-state index contributed by atoms with van der Waals surface area (Å²) in [6.45, 7) is 6.49. The molecule has 0 aliphatic carbocycles. The summed E-state index contributed by atoms with van der Waals surface area (Å²) in [5.74, 6) is -0.155. The van der Waals surface area contributed by atoms with Gasteiger partial charge in [-0.1, -0.05) is 0 Å². The standard InChI is InChI=1S/C14H20N4O2/c1-10(2)18(9-5-8-15)14-12(6-7-13(19)20)11(3)16-17(14)4/h6-7,10H,5,9H2,1-4H3,(H,19,20). The Morgan fingerprint density at radius 3 is 2.75 bits per heavy atom. The second-order valence-corrected chi connectivity index (χ2v) is 4.81. The Morgan fingerprint density at radius 2 is 2.25 bits per heavy atom. The van der Waals surface area contributed by atoms with Crippen LogP contribution in [-0.2, 0) is 11.8 Å². The van der Waals surface area contributed by atoms with E-state index in [9.17, 15) is 4.79 Å². The second kappa shape index (κ2) is 6.75. The third-order valence-corrected chi connectivity index (χ3v) is 2.99. The van der Waals surface area contributed by atoms with E-state index in [1.807, 2.05) is 27.8 Å². The molecule has 20 heavy (non-hydrogen) atoms. The third kappa shape index (κ3) is 3.60. The van der Waals surface area contributed by atoms with Crippen LogP contribution in [0.4, 0.5) is 5.82 Å². The van der Waals surface area contributed by atoms with Crippen LogP contribution in [0.15, 0.2) is 6.08 Å². The van der Waals surface area contributed by atoms with Crippen molar-refractivity contribution in [2.24, 2.45) is 7.05 Å². The lowest BCUT2D eigenvalue weighted by atomic mass is 10.2. The summed E-state index contributed by atoms with van der Waals surface area (Å²) in [7, 11) is 1.82. The maximum absolute atomic E-state index is 10.7. The summed E-state index contributed by atoms with van der Waals surface area (Å²) in [6.07, 6.45) is 3.07. The Bertz CT molecular complexity index is 552. The van der Waals surface area contributed by atoms with Crippen molar-refractivity contribution in [3.63, 3.8) is 0 Å². The number of nitriles is 1. The molecule has 0 aliphatic rings. The van der Waals surface area contributed by atoms with E-state index in [0.717, 1.165) is 23.2 Å². The van der Waals surface area contributed by atoms with Gasteiger partial charge in [0.05, 0.1) is 18.2 Å². The van der Waals surface area contributed by atoms with E-state index in [-0.39, 0.29) is 6.04 Å². The lowest BCUT2D eigenvalue weighted by Gasteiger charge is -2.28. The molecule has 1 N–H and O–H groups in total. The fraction of sp³-hybridized carbons (Fsp3) is 0.500. The first-order valence-electron chi connectivity index (χ1n) is 6.46. The van der Waals surface area contributed by atoms with Gasteiger partial charge in [0, 0.05) is 31.3 Å². The number of rotatable bonds is 6. The normalized spacial score (nSPS) is 11.0. The Hall–Kier alpha value is -2.29. The quantitative estimate of drug-likeness (QED) is 0.803. The van der Waals surface area contributed by atoms with E-state index >= 15 is 0 Å². The van der Waals surface area contributed by atoms with Crippen LogP contribution in [0.2, 0.25) is 0 Å². The Balaban J connectivity index is 3.26. The van der Waals surface area contributed by atoms with Gasteiger partial charge in [0.15, 0.2) is 0 Å². The van der Waals surface area contributed by atoms with E-state index in [1.54, 1.807) is 10.8 Å². The predicted molar refractivity (Wildman–Crippen MR) is 77.3 cm³/mol. The summed E-state index contributed by atoms with van der Waals surface area (Å²) in [5.41, 5.74) is 1.55. The largest absolute Gasteiger partial charge is 0.478 e. The minimum Gasteiger partial charge on any atom is -0.478 e. The molecule has 0 saturated carbocycles. The zero-order valence-electron chi connectivity index (χ0n) is 12.3. The van der Waals surface area contributed by atoms with Gasteiger partial charge in [-0.2, -0.15) is 10.4 Å². The molecule has 0 saturated heterocycles. The number of hydrogen-bond acceptors (Lipinski definition) is 4. The number of aryl methyl sites for hydroxylation is 2. The molecule has 0 radical (unpaired) electrons. The van der Waals surface area contributed by atoms with Gasteiger partial charge in [-0.25, -0.2) is 4.79 Å². The zero-order chi connectivity index (χ0) is 15.3. The maximum atomic E-state index is 10.7. The van der Waals surface area contributed by atoms with Gasteiger partial charge in [-0.3, -0.25) is 4.68 Å². The molecule has 6 heteroatoms. The first kappa shape index (κ1) is 15.8.